The van der Waals surface area contributed by atoms with Crippen LogP contribution < -0.4 is 19.1 Å². The fraction of sp³-hybridized carbons (Fsp3) is 0.519. The Morgan fingerprint density at radius 3 is 2.70 bits per heavy atom. The normalized spacial score (nSPS) is 16.9. The molecule has 10 heteroatoms. The number of H-pyrrole nitrogens is 1. The van der Waals surface area contributed by atoms with Crippen LogP contribution in [-0.4, -0.2) is 73.3 Å². The van der Waals surface area contributed by atoms with Crippen LogP contribution in [0, 0.1) is 0 Å². The number of piperidine rings is 1. The molecule has 5 rings (SSSR count). The summed E-state index contributed by atoms with van der Waals surface area (Å²) >= 11 is 0. The number of hydrogen-bond donors (Lipinski definition) is 1. The Balaban J connectivity index is 1.55. The van der Waals surface area contributed by atoms with Crippen LogP contribution in [-0.2, 0) is 9.53 Å². The molecule has 1 aromatic carbocycles. The van der Waals surface area contributed by atoms with E-state index in [-0.39, 0.29) is 31.3 Å². The van der Waals surface area contributed by atoms with Gasteiger partial charge in [-0.1, -0.05) is 13.8 Å². The highest BCUT2D eigenvalue weighted by atomic mass is 16.7. The van der Waals surface area contributed by atoms with Gasteiger partial charge in [0.15, 0.2) is 11.5 Å². The predicted molar refractivity (Wildman–Crippen MR) is 138 cm³/mol. The first-order valence-electron chi connectivity index (χ1n) is 13.1. The van der Waals surface area contributed by atoms with Gasteiger partial charge < -0.3 is 33.7 Å². The Hall–Kier alpha value is -3.69. The van der Waals surface area contributed by atoms with Crippen LogP contribution in [0.4, 0.5) is 5.69 Å². The zero-order valence-electron chi connectivity index (χ0n) is 21.7. The Kier molecular flexibility index (Phi) is 7.25. The van der Waals surface area contributed by atoms with E-state index in [9.17, 15) is 9.59 Å². The highest BCUT2D eigenvalue weighted by Crippen LogP contribution is 2.45. The van der Waals surface area contributed by atoms with Crippen molar-refractivity contribution in [1.29, 1.82) is 0 Å². The lowest BCUT2D eigenvalue weighted by atomic mass is 9.97. The second-order valence-corrected chi connectivity index (χ2v) is 9.25. The van der Waals surface area contributed by atoms with Crippen molar-refractivity contribution in [2.24, 2.45) is 4.99 Å². The van der Waals surface area contributed by atoms with E-state index in [4.69, 9.17) is 23.9 Å². The quantitative estimate of drug-likeness (QED) is 0.540. The fourth-order valence-corrected chi connectivity index (χ4v) is 5.22. The largest absolute Gasteiger partial charge is 0.493 e. The first-order chi connectivity index (χ1) is 18.1. The second kappa shape index (κ2) is 10.7. The molecule has 4 heterocycles. The van der Waals surface area contributed by atoms with E-state index in [1.807, 2.05) is 24.0 Å². The summed E-state index contributed by atoms with van der Waals surface area (Å²) in [4.78, 5) is 37.6. The second-order valence-electron chi connectivity index (χ2n) is 9.25. The topological polar surface area (TPSA) is 106 Å². The van der Waals surface area contributed by atoms with E-state index in [1.165, 1.54) is 0 Å². The van der Waals surface area contributed by atoms with Gasteiger partial charge in [-0.2, -0.15) is 0 Å². The van der Waals surface area contributed by atoms with E-state index in [1.54, 1.807) is 13.1 Å². The number of hydrogen-bond acceptors (Lipinski definition) is 8. The van der Waals surface area contributed by atoms with E-state index < -0.39 is 0 Å². The molecular formula is C27H34N4O6. The maximum absolute atomic E-state index is 13.0. The maximum Gasteiger partial charge on any atom is 0.341 e. The number of aliphatic imine (C=N–C) groups is 1. The average Bonchev–Trinajstić information content (AvgIpc) is 3.59. The van der Waals surface area contributed by atoms with Crippen molar-refractivity contribution in [3.8, 4) is 17.2 Å². The molecule has 3 aliphatic heterocycles. The molecule has 10 nitrogen and oxygen atoms in total. The van der Waals surface area contributed by atoms with Crippen LogP contribution in [0.25, 0.3) is 0 Å². The number of carbonyl (C=O) groups is 2. The molecule has 3 aliphatic rings. The summed E-state index contributed by atoms with van der Waals surface area (Å²) < 4.78 is 23.0. The van der Waals surface area contributed by atoms with Crippen LogP contribution >= 0.6 is 0 Å². The first-order valence-corrected chi connectivity index (χ1v) is 13.1. The number of esters is 1. The monoisotopic (exact) mass is 510 g/mol. The molecule has 1 saturated heterocycles. The van der Waals surface area contributed by atoms with Crippen LogP contribution in [0.3, 0.4) is 0 Å². The molecule has 1 aromatic heterocycles. The number of amides is 1. The lowest BCUT2D eigenvalue weighted by Gasteiger charge is -2.41. The van der Waals surface area contributed by atoms with Gasteiger partial charge in [-0.25, -0.2) is 4.79 Å². The lowest BCUT2D eigenvalue weighted by molar-refractivity contribution is -0.131. The van der Waals surface area contributed by atoms with Gasteiger partial charge in [0.2, 0.25) is 12.7 Å². The van der Waals surface area contributed by atoms with Crippen LogP contribution in [0.5, 0.6) is 17.2 Å². The summed E-state index contributed by atoms with van der Waals surface area (Å²) in [5.74, 6) is 1.67. The van der Waals surface area contributed by atoms with E-state index in [0.29, 0.717) is 72.6 Å². The number of fused-ring (bicyclic) bond motifs is 2. The molecule has 0 bridgehead atoms. The molecule has 1 amide bonds. The first kappa shape index (κ1) is 25.0. The van der Waals surface area contributed by atoms with E-state index in [0.717, 1.165) is 24.9 Å². The fourth-order valence-electron chi connectivity index (χ4n) is 5.22. The molecule has 0 radical (unpaired) electrons. The minimum Gasteiger partial charge on any atom is -0.493 e. The average molecular weight is 511 g/mol. The highest BCUT2D eigenvalue weighted by molar-refractivity contribution is 6.21. The summed E-state index contributed by atoms with van der Waals surface area (Å²) in [6.07, 6.45) is 4.65. The Labute approximate surface area is 216 Å². The molecule has 0 unspecified atom stereocenters. The van der Waals surface area contributed by atoms with Gasteiger partial charge >= 0.3 is 5.97 Å². The van der Waals surface area contributed by atoms with Gasteiger partial charge in [0.1, 0.15) is 23.7 Å². The summed E-state index contributed by atoms with van der Waals surface area (Å²) in [6, 6.07) is 3.85. The number of likely N-dealkylation sites (tertiary alicyclic amines) is 1. The smallest absolute Gasteiger partial charge is 0.341 e. The van der Waals surface area contributed by atoms with Crippen molar-refractivity contribution >= 4 is 23.3 Å². The molecule has 0 atom stereocenters. The van der Waals surface area contributed by atoms with Gasteiger partial charge in [-0.05, 0) is 38.3 Å². The van der Waals surface area contributed by atoms with Crippen LogP contribution in [0.1, 0.15) is 68.1 Å². The number of benzene rings is 1. The molecular weight excluding hydrogens is 476 g/mol. The Bertz CT molecular complexity index is 1200. The number of nitrogens with zero attached hydrogens (tertiary/aromatic N) is 3. The predicted octanol–water partition coefficient (Wildman–Crippen LogP) is 3.72. The van der Waals surface area contributed by atoms with E-state index in [2.05, 4.69) is 16.8 Å². The molecule has 0 aliphatic carbocycles. The molecule has 37 heavy (non-hydrogen) atoms. The molecule has 1 N–H and O–H groups in total. The minimum atomic E-state index is -0.384. The Morgan fingerprint density at radius 2 is 1.97 bits per heavy atom. The van der Waals surface area contributed by atoms with Crippen LogP contribution in [0.2, 0.25) is 0 Å². The maximum atomic E-state index is 13.0. The summed E-state index contributed by atoms with van der Waals surface area (Å²) in [5, 5.41) is 0. The molecule has 0 saturated carbocycles. The zero-order valence-corrected chi connectivity index (χ0v) is 21.7. The molecule has 198 valence electrons. The van der Waals surface area contributed by atoms with Crippen molar-refractivity contribution in [2.75, 3.05) is 44.7 Å². The number of carbonyl (C=O) groups excluding carboxylic acids is 2. The van der Waals surface area contributed by atoms with Crippen molar-refractivity contribution in [1.82, 2.24) is 9.88 Å². The highest BCUT2D eigenvalue weighted by Gasteiger charge is 2.37. The number of nitrogens with one attached hydrogen (secondary N) is 1. The van der Waals surface area contributed by atoms with Gasteiger partial charge in [-0.15, -0.1) is 0 Å². The van der Waals surface area contributed by atoms with Gasteiger partial charge in [0.25, 0.3) is 0 Å². The number of rotatable bonds is 8. The summed E-state index contributed by atoms with van der Waals surface area (Å²) in [6.45, 7) is 8.42. The third-order valence-corrected chi connectivity index (χ3v) is 7.01. The van der Waals surface area contributed by atoms with Crippen molar-refractivity contribution in [2.45, 2.75) is 52.5 Å². The molecule has 0 spiro atoms. The van der Waals surface area contributed by atoms with Crippen molar-refractivity contribution in [3.05, 3.63) is 35.2 Å². The minimum absolute atomic E-state index is 0.125. The van der Waals surface area contributed by atoms with Gasteiger partial charge in [0, 0.05) is 31.7 Å². The standard InChI is InChI=1S/C27H34N4O6/c1-4-13-35-19-7-8-20-26(37-16-36-20)22(19)23-24-25(18(14-28-24)27(33)34-6-3)31(15-29-23)17-9-11-30(12-10-17)21(32)5-2/h7-8,14,17,28H,4-6,9-13,15-16H2,1-3H3. The van der Waals surface area contributed by atoms with Crippen LogP contribution in [0.15, 0.2) is 23.3 Å². The summed E-state index contributed by atoms with van der Waals surface area (Å²) in [7, 11) is 0. The molecule has 1 fully saturated rings. The zero-order chi connectivity index (χ0) is 25.9. The molecule has 2 aromatic rings. The third-order valence-electron chi connectivity index (χ3n) is 7.01. The Morgan fingerprint density at radius 1 is 1.16 bits per heavy atom. The lowest BCUT2D eigenvalue weighted by Crippen LogP contribution is -2.48. The SMILES string of the molecule is CCCOc1ccc2c(c1C1=NCN(C3CCN(C(=O)CC)CC3)c3c(C(=O)OCC)c[nH]c31)OCO2. The number of anilines is 1. The van der Waals surface area contributed by atoms with E-state index >= 15 is 0 Å². The van der Waals surface area contributed by atoms with Crippen molar-refractivity contribution in [3.63, 3.8) is 0 Å². The number of aromatic nitrogens is 1. The van der Waals surface area contributed by atoms with Crippen molar-refractivity contribution < 1.29 is 28.5 Å². The third kappa shape index (κ3) is 4.60. The van der Waals surface area contributed by atoms with Gasteiger partial charge in [-0.3, -0.25) is 9.79 Å². The summed E-state index contributed by atoms with van der Waals surface area (Å²) in [5.41, 5.74) is 3.32. The number of aromatic amines is 1. The number of ether oxygens (including phenoxy) is 4. The van der Waals surface area contributed by atoms with Gasteiger partial charge in [0.05, 0.1) is 30.2 Å².